The van der Waals surface area contributed by atoms with Crippen LogP contribution in [0.15, 0.2) is 182 Å². The maximum Gasteiger partial charge on any atom is 0.145 e. The van der Waals surface area contributed by atoms with Crippen molar-refractivity contribution in [2.75, 3.05) is 4.90 Å². The maximum atomic E-state index is 4.94. The van der Waals surface area contributed by atoms with Crippen LogP contribution in [0, 0.1) is 6.92 Å². The van der Waals surface area contributed by atoms with Crippen LogP contribution in [0.1, 0.15) is 23.7 Å². The first-order valence-electron chi connectivity index (χ1n) is 17.8. The van der Waals surface area contributed by atoms with Gasteiger partial charge in [0.25, 0.3) is 0 Å². The molecule has 0 saturated carbocycles. The monoisotopic (exact) mass is 667 g/mol. The van der Waals surface area contributed by atoms with Crippen molar-refractivity contribution in [1.82, 2.24) is 9.55 Å². The minimum absolute atomic E-state index is 0.948. The normalized spacial score (nSPS) is 11.8. The minimum atomic E-state index is 0.948. The predicted molar refractivity (Wildman–Crippen MR) is 221 cm³/mol. The van der Waals surface area contributed by atoms with Gasteiger partial charge in [-0.15, -0.1) is 0 Å². The largest absolute Gasteiger partial charge is 0.311 e. The van der Waals surface area contributed by atoms with Crippen LogP contribution in [-0.2, 0) is 0 Å². The molecule has 0 saturated heterocycles. The molecule has 0 unspecified atom stereocenters. The van der Waals surface area contributed by atoms with Crippen molar-refractivity contribution in [2.24, 2.45) is 0 Å². The fourth-order valence-corrected chi connectivity index (χ4v) is 7.87. The van der Waals surface area contributed by atoms with Gasteiger partial charge in [0.05, 0.1) is 0 Å². The van der Waals surface area contributed by atoms with E-state index in [1.54, 1.807) is 0 Å². The molecular formula is C49H37N3. The van der Waals surface area contributed by atoms with Crippen molar-refractivity contribution >= 4 is 61.3 Å². The third kappa shape index (κ3) is 5.35. The van der Waals surface area contributed by atoms with Crippen molar-refractivity contribution in [3.05, 3.63) is 199 Å². The summed E-state index contributed by atoms with van der Waals surface area (Å²) >= 11 is 0. The number of anilines is 3. The van der Waals surface area contributed by atoms with Crippen molar-refractivity contribution < 1.29 is 0 Å². The molecule has 0 atom stereocenters. The summed E-state index contributed by atoms with van der Waals surface area (Å²) in [5.41, 5.74) is 12.7. The molecule has 0 bridgehead atoms. The molecule has 0 aliphatic rings. The molecule has 0 aliphatic heterocycles. The average molecular weight is 668 g/mol. The van der Waals surface area contributed by atoms with Gasteiger partial charge in [-0.3, -0.25) is 4.57 Å². The number of nitrogens with zero attached hydrogens (tertiary/aromatic N) is 3. The zero-order chi connectivity index (χ0) is 35.0. The van der Waals surface area contributed by atoms with Crippen LogP contribution >= 0.6 is 0 Å². The number of hydrogen-bond donors (Lipinski definition) is 0. The molecule has 9 rings (SSSR count). The Morgan fingerprint density at radius 1 is 0.519 bits per heavy atom. The molecular weight excluding hydrogens is 631 g/mol. The van der Waals surface area contributed by atoms with E-state index in [2.05, 4.69) is 199 Å². The van der Waals surface area contributed by atoms with Gasteiger partial charge in [0.1, 0.15) is 5.65 Å². The van der Waals surface area contributed by atoms with Gasteiger partial charge in [-0.2, -0.15) is 0 Å². The lowest BCUT2D eigenvalue weighted by Crippen LogP contribution is -2.09. The lowest BCUT2D eigenvalue weighted by atomic mass is 9.86. The van der Waals surface area contributed by atoms with E-state index in [1.807, 2.05) is 12.3 Å². The summed E-state index contributed by atoms with van der Waals surface area (Å²) in [6.45, 7) is 4.47. The molecule has 248 valence electrons. The van der Waals surface area contributed by atoms with Gasteiger partial charge in [0.15, 0.2) is 0 Å². The molecule has 0 N–H and O–H groups in total. The molecule has 0 aliphatic carbocycles. The van der Waals surface area contributed by atoms with E-state index in [0.717, 1.165) is 39.5 Å². The van der Waals surface area contributed by atoms with Crippen molar-refractivity contribution in [3.8, 4) is 16.8 Å². The Labute approximate surface area is 304 Å². The van der Waals surface area contributed by atoms with Gasteiger partial charge >= 0.3 is 0 Å². The zero-order valence-corrected chi connectivity index (χ0v) is 29.2. The molecule has 0 spiro atoms. The van der Waals surface area contributed by atoms with Crippen LogP contribution in [0.2, 0.25) is 0 Å². The third-order valence-corrected chi connectivity index (χ3v) is 10.2. The first kappa shape index (κ1) is 31.3. The van der Waals surface area contributed by atoms with Gasteiger partial charge < -0.3 is 4.90 Å². The Morgan fingerprint density at radius 2 is 1.00 bits per heavy atom. The summed E-state index contributed by atoms with van der Waals surface area (Å²) in [5.74, 6) is 0. The van der Waals surface area contributed by atoms with E-state index in [-0.39, 0.29) is 0 Å². The smallest absolute Gasteiger partial charge is 0.145 e. The highest BCUT2D eigenvalue weighted by Gasteiger charge is 2.20. The van der Waals surface area contributed by atoms with Gasteiger partial charge in [-0.25, -0.2) is 4.98 Å². The van der Waals surface area contributed by atoms with Crippen LogP contribution < -0.4 is 4.90 Å². The molecule has 3 nitrogen and oxygen atoms in total. The fraction of sp³-hybridized carbons (Fsp3) is 0.0408. The first-order valence-corrected chi connectivity index (χ1v) is 17.8. The topological polar surface area (TPSA) is 21.1 Å². The van der Waals surface area contributed by atoms with E-state index in [4.69, 9.17) is 4.98 Å². The van der Waals surface area contributed by atoms with Crippen LogP contribution in [0.4, 0.5) is 17.1 Å². The Hall–Kier alpha value is -6.71. The highest BCUT2D eigenvalue weighted by Crippen LogP contribution is 2.43. The van der Waals surface area contributed by atoms with E-state index < -0.39 is 0 Å². The van der Waals surface area contributed by atoms with Crippen LogP contribution in [0.25, 0.3) is 61.0 Å². The SMILES string of the molecule is C/C(=C\c1c(C)n(-c2ccc(N(c3ccccc3)c3ccccc3)cc2)c2ncccc12)c1c2ccccc2c(-c2ccccc2)c2ccccc12. The van der Waals surface area contributed by atoms with Crippen LogP contribution in [-0.4, -0.2) is 9.55 Å². The Kier molecular flexibility index (Phi) is 7.94. The molecule has 2 heterocycles. The van der Waals surface area contributed by atoms with Crippen molar-refractivity contribution in [2.45, 2.75) is 13.8 Å². The molecule has 3 heteroatoms. The quantitative estimate of drug-likeness (QED) is 0.158. The van der Waals surface area contributed by atoms with E-state index >= 15 is 0 Å². The molecule has 0 radical (unpaired) electrons. The maximum absolute atomic E-state index is 4.94. The average Bonchev–Trinajstić information content (AvgIpc) is 3.48. The van der Waals surface area contributed by atoms with Crippen LogP contribution in [0.5, 0.6) is 0 Å². The second-order valence-electron chi connectivity index (χ2n) is 13.3. The molecule has 9 aromatic rings. The van der Waals surface area contributed by atoms with Gasteiger partial charge in [0, 0.05) is 45.6 Å². The molecule has 0 amide bonds. The molecule has 7 aromatic carbocycles. The van der Waals surface area contributed by atoms with E-state index in [1.165, 1.54) is 49.4 Å². The lowest BCUT2D eigenvalue weighted by Gasteiger charge is -2.25. The number of rotatable bonds is 7. The van der Waals surface area contributed by atoms with E-state index in [9.17, 15) is 0 Å². The minimum Gasteiger partial charge on any atom is -0.311 e. The number of aromatic nitrogens is 2. The number of pyridine rings is 1. The number of hydrogen-bond acceptors (Lipinski definition) is 2. The summed E-state index contributed by atoms with van der Waals surface area (Å²) in [6, 6.07) is 62.6. The second kappa shape index (κ2) is 13.2. The highest BCUT2D eigenvalue weighted by molar-refractivity contribution is 6.19. The summed E-state index contributed by atoms with van der Waals surface area (Å²) < 4.78 is 2.29. The predicted octanol–water partition coefficient (Wildman–Crippen LogP) is 13.3. The second-order valence-corrected chi connectivity index (χ2v) is 13.3. The third-order valence-electron chi connectivity index (χ3n) is 10.2. The van der Waals surface area contributed by atoms with Crippen LogP contribution in [0.3, 0.4) is 0 Å². The van der Waals surface area contributed by atoms with Gasteiger partial charge in [-0.1, -0.05) is 115 Å². The zero-order valence-electron chi connectivity index (χ0n) is 29.2. The Bertz CT molecular complexity index is 2630. The fourth-order valence-electron chi connectivity index (χ4n) is 7.87. The van der Waals surface area contributed by atoms with Crippen molar-refractivity contribution in [1.29, 1.82) is 0 Å². The van der Waals surface area contributed by atoms with E-state index in [0.29, 0.717) is 0 Å². The Balaban J connectivity index is 1.19. The standard InChI is InChI=1S/C49H37N3/c1-34(47-41-23-12-14-25-43(41)48(36-17-6-3-7-18-36)44-26-15-13-24-42(44)47)33-46-35(2)51(49-45(46)27-16-32-50-49)39-28-30-40(31-29-39)52(37-19-8-4-9-20-37)38-21-10-5-11-22-38/h3-33H,1-2H3/b34-33+. The van der Waals surface area contributed by atoms with Crippen molar-refractivity contribution in [3.63, 3.8) is 0 Å². The number of allylic oxidation sites excluding steroid dienone is 1. The molecule has 2 aromatic heterocycles. The first-order chi connectivity index (χ1) is 25.7. The van der Waals surface area contributed by atoms with Gasteiger partial charge in [0.2, 0.25) is 0 Å². The number of fused-ring (bicyclic) bond motifs is 3. The summed E-state index contributed by atoms with van der Waals surface area (Å²) in [6.07, 6.45) is 4.26. The number of benzene rings is 7. The summed E-state index contributed by atoms with van der Waals surface area (Å²) in [4.78, 5) is 7.23. The lowest BCUT2D eigenvalue weighted by molar-refractivity contribution is 1.03. The number of para-hydroxylation sites is 2. The highest BCUT2D eigenvalue weighted by atomic mass is 15.1. The van der Waals surface area contributed by atoms with Gasteiger partial charge in [-0.05, 0) is 124 Å². The Morgan fingerprint density at radius 3 is 1.58 bits per heavy atom. The summed E-state index contributed by atoms with van der Waals surface area (Å²) in [5, 5.41) is 6.16. The summed E-state index contributed by atoms with van der Waals surface area (Å²) in [7, 11) is 0. The molecule has 52 heavy (non-hydrogen) atoms. The molecule has 0 fully saturated rings.